The Morgan fingerprint density at radius 2 is 0.756 bits per heavy atom. The summed E-state index contributed by atoms with van der Waals surface area (Å²) in [6.07, 6.45) is -2.45. The quantitative estimate of drug-likeness (QED) is 0.0173. The molecule has 16 nitrogen and oxygen atoms in total. The molecule has 4 amide bonds. The summed E-state index contributed by atoms with van der Waals surface area (Å²) in [6, 6.07) is 47.3. The summed E-state index contributed by atoms with van der Waals surface area (Å²) < 4.78 is 32.4. The monoisotopic (exact) mass is 1050 g/mol. The van der Waals surface area contributed by atoms with Gasteiger partial charge in [0.05, 0.1) is 0 Å². The highest BCUT2D eigenvalue weighted by molar-refractivity contribution is 6.11. The van der Waals surface area contributed by atoms with Gasteiger partial charge < -0.3 is 39.9 Å². The molecule has 0 bridgehead atoms. The van der Waals surface area contributed by atoms with E-state index >= 15 is 0 Å². The Morgan fingerprint density at radius 3 is 1.09 bits per heavy atom. The second kappa shape index (κ2) is 25.2. The van der Waals surface area contributed by atoms with Gasteiger partial charge in [0.25, 0.3) is 0 Å². The number of aryl methyl sites for hydroxylation is 2. The van der Waals surface area contributed by atoms with Crippen LogP contribution in [0.2, 0.25) is 0 Å². The number of nitrogens with one attached hydrogen (secondary N) is 2. The molecular formula is C62H58N4O12. The first-order valence-electron chi connectivity index (χ1n) is 25.2. The Bertz CT molecular complexity index is 3390. The van der Waals surface area contributed by atoms with E-state index < -0.39 is 62.0 Å². The van der Waals surface area contributed by atoms with Crippen LogP contribution >= 0.6 is 0 Å². The molecule has 0 fully saturated rings. The zero-order valence-electron chi connectivity index (χ0n) is 43.1. The molecule has 8 aromatic rings. The Labute approximate surface area is 449 Å². The molecule has 0 saturated heterocycles. The maximum absolute atomic E-state index is 13.6. The maximum Gasteiger partial charge on any atom is 0.415 e. The molecule has 16 heteroatoms. The highest BCUT2D eigenvalue weighted by atomic mass is 16.6. The minimum atomic E-state index is -1.45. The van der Waals surface area contributed by atoms with Crippen LogP contribution in [0.3, 0.4) is 0 Å². The van der Waals surface area contributed by atoms with Crippen LogP contribution in [0.5, 0.6) is 11.5 Å². The lowest BCUT2D eigenvalue weighted by molar-refractivity contribution is -0.143. The molecule has 0 aliphatic carbocycles. The Balaban J connectivity index is 1.04. The van der Waals surface area contributed by atoms with Crippen LogP contribution in [0, 0.1) is 0 Å². The summed E-state index contributed by atoms with van der Waals surface area (Å²) >= 11 is 0. The molecule has 8 rings (SSSR count). The van der Waals surface area contributed by atoms with Crippen molar-refractivity contribution in [3.8, 4) is 33.8 Å². The fraction of sp³-hybridized carbons (Fsp3) is 0.194. The number of nitrogens with two attached hydrogens (primary N) is 2. The topological polar surface area (TPSA) is 234 Å². The van der Waals surface area contributed by atoms with Crippen LogP contribution in [0.15, 0.2) is 170 Å². The van der Waals surface area contributed by atoms with Gasteiger partial charge in [0.2, 0.25) is 12.5 Å². The van der Waals surface area contributed by atoms with Gasteiger partial charge in [-0.15, -0.1) is 0 Å². The van der Waals surface area contributed by atoms with Crippen molar-refractivity contribution in [1.29, 1.82) is 0 Å². The van der Waals surface area contributed by atoms with Crippen LogP contribution < -0.4 is 31.6 Å². The number of hydrogen-bond acceptors (Lipinski definition) is 12. The maximum atomic E-state index is 13.6. The van der Waals surface area contributed by atoms with E-state index in [1.807, 2.05) is 109 Å². The number of carbonyl (C=O) groups excluding carboxylic acids is 6. The third kappa shape index (κ3) is 13.4. The molecule has 0 saturated carbocycles. The third-order valence-corrected chi connectivity index (χ3v) is 12.9. The van der Waals surface area contributed by atoms with E-state index in [9.17, 15) is 28.8 Å². The van der Waals surface area contributed by atoms with Crippen LogP contribution in [0.1, 0.15) is 50.7 Å². The van der Waals surface area contributed by atoms with Crippen molar-refractivity contribution in [3.05, 3.63) is 181 Å². The summed E-state index contributed by atoms with van der Waals surface area (Å²) in [5.74, 6) is -1.01. The van der Waals surface area contributed by atoms with Gasteiger partial charge in [0.15, 0.2) is 0 Å². The van der Waals surface area contributed by atoms with Crippen molar-refractivity contribution in [2.24, 2.45) is 11.5 Å². The third-order valence-electron chi connectivity index (χ3n) is 12.9. The number of hydrogen-bond donors (Lipinski definition) is 4. The van der Waals surface area contributed by atoms with Crippen molar-refractivity contribution >= 4 is 79.4 Å². The Kier molecular flexibility index (Phi) is 17.6. The molecule has 2 unspecified atom stereocenters. The van der Waals surface area contributed by atoms with Gasteiger partial charge in [0, 0.05) is 22.3 Å². The summed E-state index contributed by atoms with van der Waals surface area (Å²) in [7, 11) is 0. The number of benzene rings is 8. The fourth-order valence-corrected chi connectivity index (χ4v) is 9.38. The van der Waals surface area contributed by atoms with Crippen LogP contribution in [0.4, 0.5) is 19.2 Å². The zero-order valence-corrected chi connectivity index (χ0v) is 43.1. The largest absolute Gasteiger partial charge is 0.456 e. The predicted octanol–water partition coefficient (Wildman–Crippen LogP) is 12.2. The van der Waals surface area contributed by atoms with E-state index in [2.05, 4.69) is 48.1 Å². The molecule has 6 N–H and O–H groups in total. The summed E-state index contributed by atoms with van der Waals surface area (Å²) in [6.45, 7) is 8.93. The molecule has 0 spiro atoms. The van der Waals surface area contributed by atoms with E-state index in [1.54, 1.807) is 12.1 Å². The van der Waals surface area contributed by atoms with Gasteiger partial charge >= 0.3 is 36.3 Å². The highest BCUT2D eigenvalue weighted by Crippen LogP contribution is 2.45. The van der Waals surface area contributed by atoms with E-state index in [4.69, 9.17) is 39.9 Å². The normalized spacial score (nSPS) is 11.8. The number of carbonyl (C=O) groups is 6. The first-order valence-corrected chi connectivity index (χ1v) is 25.2. The van der Waals surface area contributed by atoms with E-state index in [1.165, 1.54) is 13.8 Å². The SMILES string of the molecule is C=C(C)C(=O)OCC(NC(=O)Oc1ccc2ccccc2c1-c1c(CCCCCCc2ccc3ccccc3c2-c2c(OC(=O)NC(COC(=O)C(=C)C)OC(N)=O)ccc3ccccc23)ccc2ccccc12)OC(N)=O. The lowest BCUT2D eigenvalue weighted by Crippen LogP contribution is -2.44. The number of ether oxygens (including phenoxy) is 6. The fourth-order valence-electron chi connectivity index (χ4n) is 9.38. The number of rotatable bonds is 21. The number of unbranched alkanes of at least 4 members (excludes halogenated alkanes) is 3. The molecule has 0 heterocycles. The average molecular weight is 1050 g/mol. The number of fused-ring (bicyclic) bond motifs is 4. The zero-order chi connectivity index (χ0) is 55.3. The van der Waals surface area contributed by atoms with Crippen molar-refractivity contribution in [1.82, 2.24) is 10.6 Å². The molecule has 0 aliphatic heterocycles. The number of primary amides is 2. The second-order valence-corrected chi connectivity index (χ2v) is 18.6. The average Bonchev–Trinajstić information content (AvgIpc) is 3.60. The van der Waals surface area contributed by atoms with Gasteiger partial charge in [-0.25, -0.2) is 28.8 Å². The smallest absolute Gasteiger partial charge is 0.415 e. The molecule has 0 aliphatic rings. The van der Waals surface area contributed by atoms with Crippen molar-refractivity contribution < 1.29 is 57.2 Å². The first-order chi connectivity index (χ1) is 37.6. The van der Waals surface area contributed by atoms with Crippen molar-refractivity contribution in [3.63, 3.8) is 0 Å². The second-order valence-electron chi connectivity index (χ2n) is 18.6. The van der Waals surface area contributed by atoms with Gasteiger partial charge in [0.1, 0.15) is 24.7 Å². The summed E-state index contributed by atoms with van der Waals surface area (Å²) in [5, 5.41) is 12.3. The highest BCUT2D eigenvalue weighted by Gasteiger charge is 2.26. The van der Waals surface area contributed by atoms with Crippen molar-refractivity contribution in [2.45, 2.75) is 64.8 Å². The Morgan fingerprint density at radius 1 is 0.436 bits per heavy atom. The molecule has 8 aromatic carbocycles. The van der Waals surface area contributed by atoms with Crippen molar-refractivity contribution in [2.75, 3.05) is 13.2 Å². The first kappa shape index (κ1) is 54.6. The van der Waals surface area contributed by atoms with Gasteiger partial charge in [-0.3, -0.25) is 10.6 Å². The number of amides is 4. The van der Waals surface area contributed by atoms with Gasteiger partial charge in [-0.05, 0) is 117 Å². The predicted molar refractivity (Wildman–Crippen MR) is 298 cm³/mol. The summed E-state index contributed by atoms with van der Waals surface area (Å²) in [4.78, 5) is 75.1. The number of esters is 2. The molecule has 398 valence electrons. The van der Waals surface area contributed by atoms with Crippen LogP contribution in [0.25, 0.3) is 65.3 Å². The van der Waals surface area contributed by atoms with E-state index in [-0.39, 0.29) is 22.6 Å². The molecule has 0 aromatic heterocycles. The molecule has 0 radical (unpaired) electrons. The van der Waals surface area contributed by atoms with E-state index in [0.29, 0.717) is 24.0 Å². The van der Waals surface area contributed by atoms with Gasteiger partial charge in [-0.2, -0.15) is 0 Å². The minimum absolute atomic E-state index is 0.109. The van der Waals surface area contributed by atoms with E-state index in [0.717, 1.165) is 91.0 Å². The minimum Gasteiger partial charge on any atom is -0.456 e. The lowest BCUT2D eigenvalue weighted by atomic mass is 9.87. The molecular weight excluding hydrogens is 993 g/mol. The molecule has 78 heavy (non-hydrogen) atoms. The lowest BCUT2D eigenvalue weighted by Gasteiger charge is -2.21. The Hall–Kier alpha value is -9.70. The molecule has 2 atom stereocenters. The summed E-state index contributed by atoms with van der Waals surface area (Å²) in [5.41, 5.74) is 16.1. The van der Waals surface area contributed by atoms with Crippen LogP contribution in [-0.2, 0) is 41.4 Å². The standard InChI is InChI=1S/C62H58N4O12/c1-37(2)57(67)73-35-51(77-59(63)69)65-61(71)75-49-33-31-41-19-11-15-25-47(41)55(49)53-43(29-27-39-17-9-13-23-45(39)53)21-7-5-6-8-22-44-30-28-40-18-10-14-24-46(40)54(44)56-48-26-16-12-20-42(48)32-34-50(56)76-62(72)66-52(78-60(64)70)36-74-58(68)38(3)4/h9-20,23-34,51-52H,1,3,5-8,21-22,35-36H2,2,4H3,(H2,63,69)(H2,64,70)(H,65,71)(H,66,72). The van der Waals surface area contributed by atoms with Gasteiger partial charge in [-0.1, -0.05) is 159 Å². The van der Waals surface area contributed by atoms with Crippen LogP contribution in [-0.4, -0.2) is 62.0 Å².